The molecule has 0 bridgehead atoms. The number of ether oxygens (including phenoxy) is 1. The topological polar surface area (TPSA) is 68.3 Å². The van der Waals surface area contributed by atoms with Crippen LogP contribution >= 0.6 is 0 Å². The number of nitrogens with one attached hydrogen (secondary N) is 1. The van der Waals surface area contributed by atoms with E-state index < -0.39 is 5.97 Å². The number of hydrogen-bond donors (Lipinski definition) is 1. The average molecular weight is 402 g/mol. The van der Waals surface area contributed by atoms with Crippen molar-refractivity contribution in [2.75, 3.05) is 13.2 Å². The molecule has 1 N–H and O–H groups in total. The molecule has 2 aromatic carbocycles. The minimum atomic E-state index is -0.446. The number of fused-ring (bicyclic) bond motifs is 2. The third kappa shape index (κ3) is 4.35. The average Bonchev–Trinajstić information content (AvgIpc) is 2.79. The fraction of sp³-hybridized carbons (Fsp3) is 0.320. The highest BCUT2D eigenvalue weighted by atomic mass is 16.5. The molecular formula is C25H26N2O3. The van der Waals surface area contributed by atoms with Gasteiger partial charge < -0.3 is 10.1 Å². The molecule has 3 aromatic rings. The predicted molar refractivity (Wildman–Crippen MR) is 117 cm³/mol. The van der Waals surface area contributed by atoms with E-state index in [2.05, 4.69) is 12.2 Å². The van der Waals surface area contributed by atoms with Crippen LogP contribution in [0, 0.1) is 0 Å². The number of rotatable bonds is 6. The van der Waals surface area contributed by atoms with Crippen molar-refractivity contribution in [2.45, 2.75) is 38.5 Å². The molecule has 5 nitrogen and oxygen atoms in total. The molecule has 30 heavy (non-hydrogen) atoms. The molecule has 1 amide bonds. The van der Waals surface area contributed by atoms with Crippen LogP contribution in [0.1, 0.15) is 52.9 Å². The van der Waals surface area contributed by atoms with Gasteiger partial charge in [0.25, 0.3) is 5.91 Å². The number of nitrogens with zero attached hydrogens (tertiary/aromatic N) is 1. The van der Waals surface area contributed by atoms with E-state index in [0.29, 0.717) is 12.1 Å². The van der Waals surface area contributed by atoms with Gasteiger partial charge in [0.15, 0.2) is 6.61 Å². The van der Waals surface area contributed by atoms with Gasteiger partial charge in [0.1, 0.15) is 0 Å². The Kier molecular flexibility index (Phi) is 6.07. The van der Waals surface area contributed by atoms with Gasteiger partial charge in [-0.15, -0.1) is 0 Å². The van der Waals surface area contributed by atoms with E-state index >= 15 is 0 Å². The van der Waals surface area contributed by atoms with Gasteiger partial charge in [-0.2, -0.15) is 0 Å². The number of carbonyl (C=O) groups excluding carboxylic acids is 2. The number of benzene rings is 2. The van der Waals surface area contributed by atoms with E-state index in [4.69, 9.17) is 9.72 Å². The highest BCUT2D eigenvalue weighted by Gasteiger charge is 2.24. The summed E-state index contributed by atoms with van der Waals surface area (Å²) in [5.74, 6) is -0.557. The molecule has 1 heterocycles. The number of pyridine rings is 1. The summed E-state index contributed by atoms with van der Waals surface area (Å²) in [6.07, 6.45) is 3.80. The highest BCUT2D eigenvalue weighted by Crippen LogP contribution is 2.29. The molecule has 0 fully saturated rings. The van der Waals surface area contributed by atoms with Gasteiger partial charge in [0.05, 0.1) is 11.1 Å². The lowest BCUT2D eigenvalue weighted by atomic mass is 9.90. The van der Waals surface area contributed by atoms with Crippen molar-refractivity contribution in [3.63, 3.8) is 0 Å². The summed E-state index contributed by atoms with van der Waals surface area (Å²) in [4.78, 5) is 30.0. The van der Waals surface area contributed by atoms with Gasteiger partial charge in [-0.3, -0.25) is 9.78 Å². The van der Waals surface area contributed by atoms with Gasteiger partial charge in [0.2, 0.25) is 0 Å². The molecule has 4 rings (SSSR count). The number of amides is 1. The minimum absolute atomic E-state index is 0.182. The van der Waals surface area contributed by atoms with Crippen molar-refractivity contribution in [1.29, 1.82) is 0 Å². The van der Waals surface area contributed by atoms with Crippen LogP contribution in [0.2, 0.25) is 0 Å². The lowest BCUT2D eigenvalue weighted by Gasteiger charge is -2.20. The fourth-order valence-corrected chi connectivity index (χ4v) is 4.03. The molecule has 1 aliphatic carbocycles. The smallest absolute Gasteiger partial charge is 0.339 e. The highest BCUT2D eigenvalue weighted by molar-refractivity contribution is 6.05. The lowest BCUT2D eigenvalue weighted by Crippen LogP contribution is -2.32. The number of aromatic nitrogens is 1. The van der Waals surface area contributed by atoms with Crippen LogP contribution in [0.25, 0.3) is 10.9 Å². The Morgan fingerprint density at radius 2 is 1.77 bits per heavy atom. The second-order valence-electron chi connectivity index (χ2n) is 7.83. The summed E-state index contributed by atoms with van der Waals surface area (Å²) in [5, 5.41) is 3.65. The fourth-order valence-electron chi connectivity index (χ4n) is 4.03. The van der Waals surface area contributed by atoms with E-state index in [1.807, 2.05) is 54.6 Å². The summed E-state index contributed by atoms with van der Waals surface area (Å²) in [5.41, 5.74) is 4.48. The van der Waals surface area contributed by atoms with Crippen LogP contribution in [0.5, 0.6) is 0 Å². The molecule has 0 radical (unpaired) electrons. The van der Waals surface area contributed by atoms with Crippen molar-refractivity contribution >= 4 is 22.8 Å². The molecule has 0 saturated heterocycles. The predicted octanol–water partition coefficient (Wildman–Crippen LogP) is 4.19. The number of para-hydroxylation sites is 1. The van der Waals surface area contributed by atoms with Crippen LogP contribution in [0.15, 0.2) is 54.6 Å². The Morgan fingerprint density at radius 1 is 1.03 bits per heavy atom. The van der Waals surface area contributed by atoms with Crippen LogP contribution in [-0.2, 0) is 22.4 Å². The first-order chi connectivity index (χ1) is 14.6. The third-order valence-electron chi connectivity index (χ3n) is 5.68. The SMILES string of the molecule is C[C@H](CNC(=O)COC(=O)c1c2c(nc3ccccc13)CCCC2)c1ccccc1. The number of carbonyl (C=O) groups is 2. The zero-order chi connectivity index (χ0) is 20.9. The molecule has 0 unspecified atom stereocenters. The Labute approximate surface area is 176 Å². The van der Waals surface area contributed by atoms with E-state index in [0.717, 1.165) is 53.4 Å². The van der Waals surface area contributed by atoms with Crippen molar-refractivity contribution in [3.05, 3.63) is 77.0 Å². The van der Waals surface area contributed by atoms with E-state index in [-0.39, 0.29) is 18.4 Å². The van der Waals surface area contributed by atoms with Crippen molar-refractivity contribution in [3.8, 4) is 0 Å². The molecule has 0 aliphatic heterocycles. The Bertz CT molecular complexity index is 1060. The molecule has 0 spiro atoms. The Balaban J connectivity index is 1.43. The Morgan fingerprint density at radius 3 is 2.60 bits per heavy atom. The largest absolute Gasteiger partial charge is 0.452 e. The van der Waals surface area contributed by atoms with Crippen LogP contribution in [0.4, 0.5) is 0 Å². The summed E-state index contributed by atoms with van der Waals surface area (Å²) in [6, 6.07) is 17.6. The maximum absolute atomic E-state index is 13.0. The molecule has 1 aliphatic rings. The van der Waals surface area contributed by atoms with Crippen molar-refractivity contribution < 1.29 is 14.3 Å². The van der Waals surface area contributed by atoms with Gasteiger partial charge in [-0.05, 0) is 48.8 Å². The molecule has 1 aromatic heterocycles. The summed E-state index contributed by atoms with van der Waals surface area (Å²) in [6.45, 7) is 2.26. The van der Waals surface area contributed by atoms with Gasteiger partial charge in [-0.1, -0.05) is 55.5 Å². The maximum atomic E-state index is 13.0. The minimum Gasteiger partial charge on any atom is -0.452 e. The zero-order valence-corrected chi connectivity index (χ0v) is 17.2. The standard InChI is InChI=1S/C25H26N2O3/c1-17(18-9-3-2-4-10-18)15-26-23(28)16-30-25(29)24-19-11-5-7-13-21(19)27-22-14-8-6-12-20(22)24/h2-5,7,9-11,13,17H,6,8,12,14-16H2,1H3,(H,26,28)/t17-/m1/s1. The van der Waals surface area contributed by atoms with E-state index in [1.54, 1.807) is 0 Å². The lowest BCUT2D eigenvalue weighted by molar-refractivity contribution is -0.124. The van der Waals surface area contributed by atoms with Gasteiger partial charge >= 0.3 is 5.97 Å². The van der Waals surface area contributed by atoms with Crippen LogP contribution in [-0.4, -0.2) is 30.0 Å². The molecule has 0 saturated carbocycles. The second kappa shape index (κ2) is 9.08. The number of hydrogen-bond acceptors (Lipinski definition) is 4. The van der Waals surface area contributed by atoms with Crippen LogP contribution < -0.4 is 5.32 Å². The quantitative estimate of drug-likeness (QED) is 0.628. The zero-order valence-electron chi connectivity index (χ0n) is 17.2. The Hall–Kier alpha value is -3.21. The first kappa shape index (κ1) is 20.1. The summed E-state index contributed by atoms with van der Waals surface area (Å²) < 4.78 is 5.42. The first-order valence-electron chi connectivity index (χ1n) is 10.5. The normalized spacial score (nSPS) is 14.0. The van der Waals surface area contributed by atoms with E-state index in [1.165, 1.54) is 0 Å². The molecule has 154 valence electrons. The molecule has 5 heteroatoms. The molecular weight excluding hydrogens is 376 g/mol. The number of esters is 1. The monoisotopic (exact) mass is 402 g/mol. The molecule has 1 atom stereocenters. The van der Waals surface area contributed by atoms with Crippen molar-refractivity contribution in [2.24, 2.45) is 0 Å². The summed E-state index contributed by atoms with van der Waals surface area (Å²) in [7, 11) is 0. The van der Waals surface area contributed by atoms with Crippen molar-refractivity contribution in [1.82, 2.24) is 10.3 Å². The van der Waals surface area contributed by atoms with Crippen LogP contribution in [0.3, 0.4) is 0 Å². The third-order valence-corrected chi connectivity index (χ3v) is 5.68. The maximum Gasteiger partial charge on any atom is 0.339 e. The van der Waals surface area contributed by atoms with E-state index in [9.17, 15) is 9.59 Å². The number of aryl methyl sites for hydroxylation is 1. The first-order valence-corrected chi connectivity index (χ1v) is 10.5. The summed E-state index contributed by atoms with van der Waals surface area (Å²) >= 11 is 0. The second-order valence-corrected chi connectivity index (χ2v) is 7.83. The van der Waals surface area contributed by atoms with Gasteiger partial charge in [0, 0.05) is 17.6 Å². The van der Waals surface area contributed by atoms with Gasteiger partial charge in [-0.25, -0.2) is 4.79 Å².